The maximum atomic E-state index is 11.5. The second-order valence-corrected chi connectivity index (χ2v) is 6.90. The van der Waals surface area contributed by atoms with Crippen molar-refractivity contribution in [1.29, 1.82) is 0 Å². The van der Waals surface area contributed by atoms with E-state index in [9.17, 15) is 8.42 Å². The molecule has 0 aliphatic carbocycles. The second kappa shape index (κ2) is 3.94. The Bertz CT molecular complexity index is 434. The van der Waals surface area contributed by atoms with Crippen LogP contribution in [-0.2, 0) is 22.9 Å². The standard InChI is InChI=1S/C9H17N3O2S/c1-9(2,15(3,13)14)6-12-7-11-5-8(12)4-10/h5,7H,4,6,10H2,1-3H3. The molecule has 0 unspecified atom stereocenters. The summed E-state index contributed by atoms with van der Waals surface area (Å²) < 4.78 is 24.0. The Kier molecular flexibility index (Phi) is 3.20. The summed E-state index contributed by atoms with van der Waals surface area (Å²) in [6, 6.07) is 0. The SMILES string of the molecule is CC(C)(Cn1cncc1CN)S(C)(=O)=O. The first-order chi connectivity index (χ1) is 6.78. The Balaban J connectivity index is 2.96. The lowest BCUT2D eigenvalue weighted by molar-refractivity contribution is 0.495. The molecule has 1 heterocycles. The Morgan fingerprint density at radius 2 is 2.13 bits per heavy atom. The Morgan fingerprint density at radius 3 is 2.60 bits per heavy atom. The zero-order valence-electron chi connectivity index (χ0n) is 9.27. The Labute approximate surface area is 90.2 Å². The molecule has 0 fully saturated rings. The van der Waals surface area contributed by atoms with Crippen molar-refractivity contribution in [2.45, 2.75) is 31.7 Å². The molecule has 1 aromatic heterocycles. The monoisotopic (exact) mass is 231 g/mol. The van der Waals surface area contributed by atoms with Crippen LogP contribution in [0.5, 0.6) is 0 Å². The highest BCUT2D eigenvalue weighted by atomic mass is 32.2. The minimum Gasteiger partial charge on any atom is -0.332 e. The van der Waals surface area contributed by atoms with Crippen molar-refractivity contribution < 1.29 is 8.42 Å². The van der Waals surface area contributed by atoms with E-state index in [1.54, 1.807) is 30.9 Å². The van der Waals surface area contributed by atoms with Gasteiger partial charge in [-0.05, 0) is 13.8 Å². The van der Waals surface area contributed by atoms with Crippen LogP contribution in [0, 0.1) is 0 Å². The van der Waals surface area contributed by atoms with Gasteiger partial charge in [0, 0.05) is 25.5 Å². The van der Waals surface area contributed by atoms with E-state index in [2.05, 4.69) is 4.98 Å². The lowest BCUT2D eigenvalue weighted by atomic mass is 10.2. The van der Waals surface area contributed by atoms with Gasteiger partial charge in [-0.3, -0.25) is 0 Å². The molecule has 1 aromatic rings. The molecule has 2 N–H and O–H groups in total. The highest BCUT2D eigenvalue weighted by Gasteiger charge is 2.30. The zero-order chi connectivity index (χ0) is 11.7. The fraction of sp³-hybridized carbons (Fsp3) is 0.667. The van der Waals surface area contributed by atoms with Gasteiger partial charge in [0.25, 0.3) is 0 Å². The minimum atomic E-state index is -3.09. The summed E-state index contributed by atoms with van der Waals surface area (Å²) in [5.74, 6) is 0. The van der Waals surface area contributed by atoms with Crippen LogP contribution in [0.15, 0.2) is 12.5 Å². The molecule has 1 rings (SSSR count). The quantitative estimate of drug-likeness (QED) is 0.801. The van der Waals surface area contributed by atoms with E-state index in [4.69, 9.17) is 5.73 Å². The van der Waals surface area contributed by atoms with Crippen LogP contribution >= 0.6 is 0 Å². The third-order valence-electron chi connectivity index (χ3n) is 2.56. The lowest BCUT2D eigenvalue weighted by Gasteiger charge is -2.23. The normalized spacial score (nSPS) is 13.1. The fourth-order valence-corrected chi connectivity index (χ4v) is 1.56. The summed E-state index contributed by atoms with van der Waals surface area (Å²) >= 11 is 0. The molecule has 0 atom stereocenters. The van der Waals surface area contributed by atoms with Crippen LogP contribution in [0.2, 0.25) is 0 Å². The van der Waals surface area contributed by atoms with Crippen molar-refractivity contribution >= 4 is 9.84 Å². The predicted octanol–water partition coefficient (Wildman–Crippen LogP) is 0.165. The van der Waals surface area contributed by atoms with E-state index in [1.165, 1.54) is 6.26 Å². The number of nitrogens with two attached hydrogens (primary N) is 1. The van der Waals surface area contributed by atoms with E-state index < -0.39 is 14.6 Å². The van der Waals surface area contributed by atoms with Gasteiger partial charge < -0.3 is 10.3 Å². The molecule has 0 radical (unpaired) electrons. The largest absolute Gasteiger partial charge is 0.332 e. The molecule has 0 bridgehead atoms. The number of sulfone groups is 1. The Hall–Kier alpha value is -0.880. The summed E-state index contributed by atoms with van der Waals surface area (Å²) in [6.45, 7) is 4.13. The summed E-state index contributed by atoms with van der Waals surface area (Å²) in [5.41, 5.74) is 6.35. The number of imidazole rings is 1. The minimum absolute atomic E-state index is 0.361. The Morgan fingerprint density at radius 1 is 1.53 bits per heavy atom. The van der Waals surface area contributed by atoms with Gasteiger partial charge in [-0.25, -0.2) is 13.4 Å². The molecule has 0 saturated heterocycles. The van der Waals surface area contributed by atoms with Gasteiger partial charge in [0.05, 0.1) is 16.8 Å². The van der Waals surface area contributed by atoms with E-state index >= 15 is 0 Å². The molecule has 5 nitrogen and oxygen atoms in total. The van der Waals surface area contributed by atoms with Crippen LogP contribution < -0.4 is 5.73 Å². The molecule has 6 heteroatoms. The van der Waals surface area contributed by atoms with Crippen molar-refractivity contribution in [2.75, 3.05) is 6.26 Å². The van der Waals surface area contributed by atoms with Crippen LogP contribution in [0.25, 0.3) is 0 Å². The van der Waals surface area contributed by atoms with Crippen molar-refractivity contribution in [3.8, 4) is 0 Å². The molecular formula is C9H17N3O2S. The van der Waals surface area contributed by atoms with E-state index in [0.29, 0.717) is 13.1 Å². The van der Waals surface area contributed by atoms with Crippen molar-refractivity contribution in [3.63, 3.8) is 0 Å². The molecule has 0 amide bonds. The molecule has 86 valence electrons. The molecule has 0 aliphatic rings. The highest BCUT2D eigenvalue weighted by molar-refractivity contribution is 7.92. The zero-order valence-corrected chi connectivity index (χ0v) is 10.1. The summed E-state index contributed by atoms with van der Waals surface area (Å²) in [7, 11) is -3.09. The predicted molar refractivity (Wildman–Crippen MR) is 59.0 cm³/mol. The number of hydrogen-bond acceptors (Lipinski definition) is 4. The average Bonchev–Trinajstić information content (AvgIpc) is 2.48. The molecule has 0 saturated carbocycles. The van der Waals surface area contributed by atoms with Gasteiger partial charge in [-0.2, -0.15) is 0 Å². The third kappa shape index (κ3) is 2.57. The summed E-state index contributed by atoms with van der Waals surface area (Å²) in [6.07, 6.45) is 4.50. The van der Waals surface area contributed by atoms with Crippen molar-refractivity contribution in [2.24, 2.45) is 5.73 Å². The van der Waals surface area contributed by atoms with Crippen LogP contribution in [0.4, 0.5) is 0 Å². The van der Waals surface area contributed by atoms with Crippen molar-refractivity contribution in [3.05, 3.63) is 18.2 Å². The number of nitrogens with zero attached hydrogens (tertiary/aromatic N) is 2. The number of hydrogen-bond donors (Lipinski definition) is 1. The van der Waals surface area contributed by atoms with Gasteiger partial charge in [0.15, 0.2) is 9.84 Å². The topological polar surface area (TPSA) is 78.0 Å². The number of rotatable bonds is 4. The first-order valence-corrected chi connectivity index (χ1v) is 6.56. The lowest BCUT2D eigenvalue weighted by Crippen LogP contribution is -2.36. The summed E-state index contributed by atoms with van der Waals surface area (Å²) in [5, 5.41) is 0. The number of aromatic nitrogens is 2. The van der Waals surface area contributed by atoms with Gasteiger partial charge in [0.2, 0.25) is 0 Å². The maximum absolute atomic E-state index is 11.5. The second-order valence-electron chi connectivity index (χ2n) is 4.25. The molecular weight excluding hydrogens is 214 g/mol. The van der Waals surface area contributed by atoms with Gasteiger partial charge in [0.1, 0.15) is 0 Å². The molecule has 15 heavy (non-hydrogen) atoms. The van der Waals surface area contributed by atoms with E-state index in [-0.39, 0.29) is 0 Å². The molecule has 0 spiro atoms. The molecule has 0 aromatic carbocycles. The van der Waals surface area contributed by atoms with Gasteiger partial charge >= 0.3 is 0 Å². The van der Waals surface area contributed by atoms with Gasteiger partial charge in [-0.1, -0.05) is 0 Å². The van der Waals surface area contributed by atoms with Crippen LogP contribution in [-0.4, -0.2) is 29.0 Å². The van der Waals surface area contributed by atoms with Crippen LogP contribution in [0.1, 0.15) is 19.5 Å². The smallest absolute Gasteiger partial charge is 0.154 e. The average molecular weight is 231 g/mol. The first kappa shape index (κ1) is 12.2. The van der Waals surface area contributed by atoms with Crippen molar-refractivity contribution in [1.82, 2.24) is 9.55 Å². The van der Waals surface area contributed by atoms with E-state index in [0.717, 1.165) is 5.69 Å². The third-order valence-corrected chi connectivity index (χ3v) is 4.70. The first-order valence-electron chi connectivity index (χ1n) is 4.66. The fourth-order valence-electron chi connectivity index (χ4n) is 1.19. The summed E-state index contributed by atoms with van der Waals surface area (Å²) in [4.78, 5) is 3.95. The van der Waals surface area contributed by atoms with E-state index in [1.807, 2.05) is 0 Å². The maximum Gasteiger partial charge on any atom is 0.154 e. The highest BCUT2D eigenvalue weighted by Crippen LogP contribution is 2.18. The molecule has 0 aliphatic heterocycles. The van der Waals surface area contributed by atoms with Gasteiger partial charge in [-0.15, -0.1) is 0 Å². The van der Waals surface area contributed by atoms with Crippen LogP contribution in [0.3, 0.4) is 0 Å².